The zero-order valence-corrected chi connectivity index (χ0v) is 10.2. The number of hydrogen-bond donors (Lipinski definition) is 4. The van der Waals surface area contributed by atoms with Gasteiger partial charge in [0, 0.05) is 11.3 Å². The van der Waals surface area contributed by atoms with Crippen molar-refractivity contribution in [3.05, 3.63) is 29.8 Å². The molecule has 2 amide bonds. The summed E-state index contributed by atoms with van der Waals surface area (Å²) in [7, 11) is 0. The van der Waals surface area contributed by atoms with E-state index in [2.05, 4.69) is 23.3 Å². The summed E-state index contributed by atoms with van der Waals surface area (Å²) in [5.74, 6) is -1.89. The van der Waals surface area contributed by atoms with Crippen molar-refractivity contribution in [2.45, 2.75) is 0 Å². The van der Waals surface area contributed by atoms with Crippen molar-refractivity contribution in [3.8, 4) is 0 Å². The summed E-state index contributed by atoms with van der Waals surface area (Å²) >= 11 is 3.81. The van der Waals surface area contributed by atoms with E-state index in [1.54, 1.807) is 12.1 Å². The number of carbonyl (C=O) groups is 3. The maximum atomic E-state index is 11.6. The molecule has 0 radical (unpaired) electrons. The van der Waals surface area contributed by atoms with Gasteiger partial charge in [0.25, 0.3) is 5.91 Å². The molecule has 6 nitrogen and oxygen atoms in total. The second-order valence-corrected chi connectivity index (χ2v) is 3.68. The van der Waals surface area contributed by atoms with Gasteiger partial charge in [0.1, 0.15) is 6.54 Å². The standard InChI is InChI=1S/C11H12N2O4S.K.H/c14-9(6-18)13-8-3-1-2-7(4-8)11(17)12-5-10(15)16;;/h1-4,18H,5-6H2,(H,12,17)(H,13,14)(H,15,16);;. The Balaban J connectivity index is 0.00000324. The summed E-state index contributed by atoms with van der Waals surface area (Å²) in [6, 6.07) is 6.19. The number of thiol groups is 1. The van der Waals surface area contributed by atoms with E-state index >= 15 is 0 Å². The molecule has 19 heavy (non-hydrogen) atoms. The van der Waals surface area contributed by atoms with Crippen LogP contribution in [0, 0.1) is 0 Å². The molecule has 0 saturated heterocycles. The molecule has 1 aromatic rings. The van der Waals surface area contributed by atoms with Gasteiger partial charge in [-0.25, -0.2) is 0 Å². The van der Waals surface area contributed by atoms with E-state index in [0.717, 1.165) is 0 Å². The van der Waals surface area contributed by atoms with Crippen LogP contribution < -0.4 is 10.6 Å². The molecule has 0 aliphatic carbocycles. The van der Waals surface area contributed by atoms with E-state index in [9.17, 15) is 14.4 Å². The fourth-order valence-electron chi connectivity index (χ4n) is 1.20. The number of carboxylic acids is 1. The van der Waals surface area contributed by atoms with Crippen molar-refractivity contribution >= 4 is 87.5 Å². The molecule has 1 rings (SSSR count). The molecule has 1 aromatic carbocycles. The van der Waals surface area contributed by atoms with Gasteiger partial charge in [-0.3, -0.25) is 14.4 Å². The summed E-state index contributed by atoms with van der Waals surface area (Å²) < 4.78 is 0. The monoisotopic (exact) mass is 308 g/mol. The van der Waals surface area contributed by atoms with Gasteiger partial charge in [-0.05, 0) is 18.2 Å². The van der Waals surface area contributed by atoms with E-state index in [-0.39, 0.29) is 68.6 Å². The normalized spacial score (nSPS) is 9.11. The average Bonchev–Trinajstić information content (AvgIpc) is 2.36. The Labute approximate surface area is 158 Å². The molecule has 0 spiro atoms. The Bertz CT molecular complexity index is 482. The van der Waals surface area contributed by atoms with E-state index in [1.165, 1.54) is 12.1 Å². The summed E-state index contributed by atoms with van der Waals surface area (Å²) in [5, 5.41) is 13.2. The average molecular weight is 308 g/mol. The van der Waals surface area contributed by atoms with Crippen LogP contribution in [0.2, 0.25) is 0 Å². The van der Waals surface area contributed by atoms with Crippen molar-refractivity contribution in [3.63, 3.8) is 0 Å². The fraction of sp³-hybridized carbons (Fsp3) is 0.182. The van der Waals surface area contributed by atoms with Crippen LogP contribution in [-0.4, -0.2) is 86.6 Å². The second-order valence-electron chi connectivity index (χ2n) is 3.36. The number of aliphatic carboxylic acids is 1. The summed E-state index contributed by atoms with van der Waals surface area (Å²) in [6.45, 7) is -0.452. The van der Waals surface area contributed by atoms with Crippen molar-refractivity contribution in [1.29, 1.82) is 0 Å². The predicted molar refractivity (Wildman–Crippen MR) is 76.0 cm³/mol. The number of carbonyl (C=O) groups excluding carboxylic acids is 2. The first-order valence-electron chi connectivity index (χ1n) is 5.03. The van der Waals surface area contributed by atoms with Crippen LogP contribution in [0.25, 0.3) is 0 Å². The quantitative estimate of drug-likeness (QED) is 0.444. The molecule has 0 aliphatic rings. The van der Waals surface area contributed by atoms with E-state index in [0.29, 0.717) is 5.69 Å². The third-order valence-electron chi connectivity index (χ3n) is 1.95. The summed E-state index contributed by atoms with van der Waals surface area (Å²) in [4.78, 5) is 33.0. The van der Waals surface area contributed by atoms with Gasteiger partial charge in [0.15, 0.2) is 0 Å². The van der Waals surface area contributed by atoms with E-state index in [1.807, 2.05) is 0 Å². The van der Waals surface area contributed by atoms with Crippen LogP contribution in [0.5, 0.6) is 0 Å². The molecule has 0 fully saturated rings. The van der Waals surface area contributed by atoms with Gasteiger partial charge in [-0.1, -0.05) is 6.07 Å². The number of anilines is 1. The van der Waals surface area contributed by atoms with Gasteiger partial charge < -0.3 is 15.7 Å². The topological polar surface area (TPSA) is 95.5 Å². The van der Waals surface area contributed by atoms with Crippen LogP contribution in [0.4, 0.5) is 5.69 Å². The van der Waals surface area contributed by atoms with Crippen molar-refractivity contribution in [2.24, 2.45) is 0 Å². The zero-order chi connectivity index (χ0) is 13.5. The third kappa shape index (κ3) is 7.09. The minimum atomic E-state index is -1.12. The van der Waals surface area contributed by atoms with Crippen LogP contribution >= 0.6 is 12.6 Å². The van der Waals surface area contributed by atoms with Gasteiger partial charge in [-0.15, -0.1) is 0 Å². The van der Waals surface area contributed by atoms with Gasteiger partial charge in [0.05, 0.1) is 5.75 Å². The SMILES string of the molecule is O=C(O)CNC(=O)c1cccc(NC(=O)CS)c1.[KH]. The van der Waals surface area contributed by atoms with Crippen molar-refractivity contribution in [1.82, 2.24) is 5.32 Å². The van der Waals surface area contributed by atoms with Gasteiger partial charge >= 0.3 is 57.4 Å². The van der Waals surface area contributed by atoms with E-state index in [4.69, 9.17) is 5.11 Å². The molecule has 0 aromatic heterocycles. The molecule has 0 heterocycles. The summed E-state index contributed by atoms with van der Waals surface area (Å²) in [6.07, 6.45) is 0. The predicted octanol–water partition coefficient (Wildman–Crippen LogP) is -0.279. The molecule has 0 aliphatic heterocycles. The number of benzene rings is 1. The molecule has 0 atom stereocenters. The Kier molecular flexibility index (Phi) is 9.32. The maximum absolute atomic E-state index is 11.6. The number of carboxylic acid groups (broad SMARTS) is 1. The van der Waals surface area contributed by atoms with Gasteiger partial charge in [-0.2, -0.15) is 12.6 Å². The number of hydrogen-bond acceptors (Lipinski definition) is 4. The first kappa shape index (κ1) is 18.6. The number of nitrogens with one attached hydrogen (secondary N) is 2. The Hall–Kier alpha value is -0.384. The molecule has 0 unspecified atom stereocenters. The second kappa shape index (κ2) is 9.51. The molecule has 3 N–H and O–H groups in total. The number of rotatable bonds is 5. The van der Waals surface area contributed by atoms with Gasteiger partial charge in [0.2, 0.25) is 5.91 Å². The Morgan fingerprint density at radius 2 is 1.95 bits per heavy atom. The molecule has 8 heteroatoms. The zero-order valence-electron chi connectivity index (χ0n) is 9.34. The first-order chi connectivity index (χ1) is 8.52. The van der Waals surface area contributed by atoms with E-state index < -0.39 is 18.4 Å². The molecule has 0 bridgehead atoms. The first-order valence-corrected chi connectivity index (χ1v) is 5.67. The fourth-order valence-corrected chi connectivity index (χ4v) is 1.28. The van der Waals surface area contributed by atoms with Crippen LogP contribution in [0.3, 0.4) is 0 Å². The molecule has 0 saturated carbocycles. The Morgan fingerprint density at radius 3 is 2.53 bits per heavy atom. The number of amides is 2. The molecular weight excluding hydrogens is 295 g/mol. The van der Waals surface area contributed by atoms with Crippen LogP contribution in [0.15, 0.2) is 24.3 Å². The summed E-state index contributed by atoms with van der Waals surface area (Å²) in [5.41, 5.74) is 0.727. The van der Waals surface area contributed by atoms with Crippen LogP contribution in [-0.2, 0) is 9.59 Å². The van der Waals surface area contributed by atoms with Crippen molar-refractivity contribution < 1.29 is 19.5 Å². The molecular formula is C11H13KN2O4S. The minimum absolute atomic E-state index is 0. The van der Waals surface area contributed by atoms with Crippen molar-refractivity contribution in [2.75, 3.05) is 17.6 Å². The molecule has 98 valence electrons. The Morgan fingerprint density at radius 1 is 1.26 bits per heavy atom. The van der Waals surface area contributed by atoms with Crippen LogP contribution in [0.1, 0.15) is 10.4 Å². The third-order valence-corrected chi connectivity index (χ3v) is 2.24.